The number of morpholine rings is 1. The normalized spacial score (nSPS) is 19.2. The number of carbonyl (C=O) groups is 1. The minimum atomic E-state index is -0.0147. The summed E-state index contributed by atoms with van der Waals surface area (Å²) >= 11 is 0. The van der Waals surface area contributed by atoms with Crippen molar-refractivity contribution in [1.82, 2.24) is 20.4 Å². The number of likely N-dealkylation sites (N-methyl/N-ethyl adjacent to an activating group) is 1. The smallest absolute Gasteiger partial charge is 0.243 e. The van der Waals surface area contributed by atoms with Gasteiger partial charge in [-0.2, -0.15) is 0 Å². The molecule has 1 amide bonds. The Morgan fingerprint density at radius 1 is 1.10 bits per heavy atom. The number of ether oxygens (including phenoxy) is 3. The van der Waals surface area contributed by atoms with Crippen molar-refractivity contribution in [2.45, 2.75) is 19.3 Å². The van der Waals surface area contributed by atoms with Crippen LogP contribution in [-0.2, 0) is 19.0 Å². The second kappa shape index (κ2) is 14.5. The van der Waals surface area contributed by atoms with Crippen LogP contribution < -0.4 is 10.6 Å². The first-order valence-electron chi connectivity index (χ1n) is 10.8. The molecule has 0 radical (unpaired) electrons. The van der Waals surface area contributed by atoms with Crippen molar-refractivity contribution in [2.75, 3.05) is 93.0 Å². The molecule has 0 aromatic rings. The van der Waals surface area contributed by atoms with E-state index in [1.807, 2.05) is 0 Å². The third-order valence-corrected chi connectivity index (χ3v) is 5.15. The van der Waals surface area contributed by atoms with Crippen molar-refractivity contribution in [3.8, 4) is 0 Å². The summed E-state index contributed by atoms with van der Waals surface area (Å²) in [5.74, 6) is 1.30. The number of hydrogen-bond donors (Lipinski definition) is 2. The first-order valence-corrected chi connectivity index (χ1v) is 10.8. The molecule has 0 atom stereocenters. The Hall–Kier alpha value is -1.42. The van der Waals surface area contributed by atoms with Gasteiger partial charge in [-0.3, -0.25) is 9.69 Å². The highest BCUT2D eigenvalue weighted by atomic mass is 16.5. The molecule has 0 bridgehead atoms. The fourth-order valence-electron chi connectivity index (χ4n) is 3.16. The third-order valence-electron chi connectivity index (χ3n) is 5.15. The lowest BCUT2D eigenvalue weighted by Gasteiger charge is -2.26. The standard InChI is InChI=1S/C20H39N5O4/c1-24(2)19(26)16-23-20(22-7-8-25-9-14-28-15-10-25)21-6-3-11-29-17-18-4-12-27-13-5-18/h18H,3-17H2,1-2H3,(H2,21,22,23). The van der Waals surface area contributed by atoms with Crippen molar-refractivity contribution >= 4 is 11.9 Å². The van der Waals surface area contributed by atoms with E-state index in [1.165, 1.54) is 0 Å². The van der Waals surface area contributed by atoms with Crippen molar-refractivity contribution in [2.24, 2.45) is 10.9 Å². The molecule has 2 rings (SSSR count). The molecule has 0 spiro atoms. The molecule has 2 saturated heterocycles. The van der Waals surface area contributed by atoms with Crippen LogP contribution in [0.5, 0.6) is 0 Å². The summed E-state index contributed by atoms with van der Waals surface area (Å²) in [6.07, 6.45) is 3.10. The molecule has 2 aliphatic heterocycles. The van der Waals surface area contributed by atoms with Crippen molar-refractivity contribution in [3.63, 3.8) is 0 Å². The Labute approximate surface area is 175 Å². The summed E-state index contributed by atoms with van der Waals surface area (Å²) in [5.41, 5.74) is 0. The van der Waals surface area contributed by atoms with Crippen LogP contribution in [0.15, 0.2) is 4.99 Å². The van der Waals surface area contributed by atoms with Crippen molar-refractivity contribution in [3.05, 3.63) is 0 Å². The zero-order valence-electron chi connectivity index (χ0n) is 18.2. The van der Waals surface area contributed by atoms with Crippen molar-refractivity contribution < 1.29 is 19.0 Å². The van der Waals surface area contributed by atoms with Crippen LogP contribution >= 0.6 is 0 Å². The highest BCUT2D eigenvalue weighted by Crippen LogP contribution is 2.14. The minimum absolute atomic E-state index is 0.0147. The van der Waals surface area contributed by atoms with Gasteiger partial charge in [0.25, 0.3) is 0 Å². The van der Waals surface area contributed by atoms with Crippen LogP contribution in [0.4, 0.5) is 0 Å². The minimum Gasteiger partial charge on any atom is -0.381 e. The van der Waals surface area contributed by atoms with E-state index in [9.17, 15) is 4.79 Å². The van der Waals surface area contributed by atoms with Crippen LogP contribution in [-0.4, -0.2) is 115 Å². The molecule has 2 N–H and O–H groups in total. The SMILES string of the molecule is CN(C)C(=O)CN=C(NCCCOCC1CCOCC1)NCCN1CCOCC1. The molecule has 2 fully saturated rings. The Bertz CT molecular complexity index is 477. The van der Waals surface area contributed by atoms with Gasteiger partial charge >= 0.3 is 0 Å². The molecule has 168 valence electrons. The Morgan fingerprint density at radius 3 is 2.52 bits per heavy atom. The Morgan fingerprint density at radius 2 is 1.79 bits per heavy atom. The summed E-state index contributed by atoms with van der Waals surface area (Å²) in [7, 11) is 3.49. The summed E-state index contributed by atoms with van der Waals surface area (Å²) in [5, 5.41) is 6.65. The maximum absolute atomic E-state index is 11.8. The molecule has 2 heterocycles. The van der Waals surface area contributed by atoms with Crippen LogP contribution in [0.3, 0.4) is 0 Å². The van der Waals surface area contributed by atoms with E-state index in [-0.39, 0.29) is 12.5 Å². The number of carbonyl (C=O) groups excluding carboxylic acids is 1. The summed E-state index contributed by atoms with van der Waals surface area (Å²) in [4.78, 5) is 20.2. The third kappa shape index (κ3) is 10.8. The van der Waals surface area contributed by atoms with Gasteiger partial charge in [0.15, 0.2) is 5.96 Å². The predicted octanol–water partition coefficient (Wildman–Crippen LogP) is -0.225. The number of amides is 1. The van der Waals surface area contributed by atoms with E-state index in [1.54, 1.807) is 19.0 Å². The number of nitrogens with one attached hydrogen (secondary N) is 2. The van der Waals surface area contributed by atoms with Gasteiger partial charge in [-0.15, -0.1) is 0 Å². The summed E-state index contributed by atoms with van der Waals surface area (Å²) < 4.78 is 16.6. The Kier molecular flexibility index (Phi) is 12.0. The maximum Gasteiger partial charge on any atom is 0.243 e. The molecule has 0 unspecified atom stereocenters. The molecule has 0 saturated carbocycles. The van der Waals surface area contributed by atoms with Gasteiger partial charge in [-0.25, -0.2) is 4.99 Å². The van der Waals surface area contributed by atoms with Gasteiger partial charge in [0.1, 0.15) is 6.54 Å². The molecule has 0 aliphatic carbocycles. The zero-order chi connectivity index (χ0) is 20.7. The van der Waals surface area contributed by atoms with Gasteiger partial charge in [0.2, 0.25) is 5.91 Å². The molecule has 9 nitrogen and oxygen atoms in total. The van der Waals surface area contributed by atoms with E-state index >= 15 is 0 Å². The first kappa shape index (κ1) is 23.9. The van der Waals surface area contributed by atoms with Crippen LogP contribution in [0.1, 0.15) is 19.3 Å². The van der Waals surface area contributed by atoms with Gasteiger partial charge in [-0.05, 0) is 25.2 Å². The van der Waals surface area contributed by atoms with Crippen LogP contribution in [0, 0.1) is 5.92 Å². The number of guanidine groups is 1. The number of rotatable bonds is 11. The van der Waals surface area contributed by atoms with Crippen LogP contribution in [0.2, 0.25) is 0 Å². The van der Waals surface area contributed by atoms with E-state index < -0.39 is 0 Å². The summed E-state index contributed by atoms with van der Waals surface area (Å²) in [6.45, 7) is 9.39. The lowest BCUT2D eigenvalue weighted by molar-refractivity contribution is -0.127. The van der Waals surface area contributed by atoms with Gasteiger partial charge in [0.05, 0.1) is 13.2 Å². The lowest BCUT2D eigenvalue weighted by atomic mass is 10.0. The second-order valence-corrected chi connectivity index (χ2v) is 7.74. The monoisotopic (exact) mass is 413 g/mol. The largest absolute Gasteiger partial charge is 0.381 e. The lowest BCUT2D eigenvalue weighted by Crippen LogP contribution is -2.45. The van der Waals surface area contributed by atoms with Crippen molar-refractivity contribution in [1.29, 1.82) is 0 Å². The average Bonchev–Trinajstić information content (AvgIpc) is 2.75. The highest BCUT2D eigenvalue weighted by Gasteiger charge is 2.13. The zero-order valence-corrected chi connectivity index (χ0v) is 18.2. The highest BCUT2D eigenvalue weighted by molar-refractivity contribution is 5.84. The predicted molar refractivity (Wildman–Crippen MR) is 113 cm³/mol. The van der Waals surface area contributed by atoms with Gasteiger partial charge < -0.3 is 29.7 Å². The second-order valence-electron chi connectivity index (χ2n) is 7.74. The number of hydrogen-bond acceptors (Lipinski definition) is 6. The quantitative estimate of drug-likeness (QED) is 0.275. The maximum atomic E-state index is 11.8. The van der Waals surface area contributed by atoms with E-state index in [2.05, 4.69) is 20.5 Å². The fourth-order valence-corrected chi connectivity index (χ4v) is 3.16. The average molecular weight is 414 g/mol. The van der Waals surface area contributed by atoms with Gasteiger partial charge in [0, 0.05) is 73.2 Å². The molecular formula is C20H39N5O4. The Balaban J connectivity index is 1.63. The molecule has 0 aromatic carbocycles. The van der Waals surface area contributed by atoms with Gasteiger partial charge in [-0.1, -0.05) is 0 Å². The number of nitrogens with zero attached hydrogens (tertiary/aromatic N) is 3. The molecule has 29 heavy (non-hydrogen) atoms. The molecule has 0 aromatic heterocycles. The van der Waals surface area contributed by atoms with E-state index in [0.29, 0.717) is 11.9 Å². The molecule has 9 heteroatoms. The van der Waals surface area contributed by atoms with Crippen LogP contribution in [0.25, 0.3) is 0 Å². The van der Waals surface area contributed by atoms with E-state index in [4.69, 9.17) is 14.2 Å². The number of aliphatic imine (C=N–C) groups is 1. The topological polar surface area (TPSA) is 87.7 Å². The summed E-state index contributed by atoms with van der Waals surface area (Å²) in [6, 6.07) is 0. The fraction of sp³-hybridized carbons (Fsp3) is 0.900. The molecular weight excluding hydrogens is 374 g/mol. The molecule has 2 aliphatic rings. The first-order chi connectivity index (χ1) is 14.1. The van der Waals surface area contributed by atoms with E-state index in [0.717, 1.165) is 91.6 Å².